The third kappa shape index (κ3) is 4.81. The zero-order valence-electron chi connectivity index (χ0n) is 19.0. The zero-order chi connectivity index (χ0) is 24.2. The van der Waals surface area contributed by atoms with Crippen LogP contribution in [0, 0.1) is 6.92 Å². The number of anilines is 1. The number of carbonyl (C=O) groups excluding carboxylic acids is 1. The van der Waals surface area contributed by atoms with Gasteiger partial charge in [0.2, 0.25) is 5.91 Å². The number of benzene rings is 3. The van der Waals surface area contributed by atoms with Gasteiger partial charge in [0, 0.05) is 11.1 Å². The van der Waals surface area contributed by atoms with Crippen molar-refractivity contribution < 1.29 is 9.53 Å². The molecule has 0 saturated carbocycles. The highest BCUT2D eigenvalue weighted by Gasteiger charge is 2.24. The number of halogens is 1. The first-order valence-electron chi connectivity index (χ1n) is 10.8. The Hall–Kier alpha value is -3.29. The van der Waals surface area contributed by atoms with Gasteiger partial charge in [-0.05, 0) is 49.2 Å². The van der Waals surface area contributed by atoms with E-state index in [9.17, 15) is 9.59 Å². The lowest BCUT2D eigenvalue weighted by atomic mass is 10.2. The lowest BCUT2D eigenvalue weighted by molar-refractivity contribution is -0.115. The van der Waals surface area contributed by atoms with E-state index in [0.29, 0.717) is 44.6 Å². The van der Waals surface area contributed by atoms with Gasteiger partial charge < -0.3 is 10.1 Å². The summed E-state index contributed by atoms with van der Waals surface area (Å²) in [5.41, 5.74) is 2.48. The molecule has 3 aromatic carbocycles. The molecule has 0 fully saturated rings. The standard InChI is InChI=1S/C26H24ClN3O3S/c1-4-23(24(31)28-21-14-16(2)19(27)15-22(21)33-3)34-26-29-20-13-9-8-12-18(20)25(32)30(26)17-10-6-5-7-11-17/h5-15,23H,4H2,1-3H3,(H,28,31). The summed E-state index contributed by atoms with van der Waals surface area (Å²) in [5, 5.41) is 3.99. The van der Waals surface area contributed by atoms with E-state index in [2.05, 4.69) is 5.32 Å². The van der Waals surface area contributed by atoms with Crippen molar-refractivity contribution in [3.05, 3.63) is 87.7 Å². The van der Waals surface area contributed by atoms with Crippen LogP contribution in [0.1, 0.15) is 18.9 Å². The summed E-state index contributed by atoms with van der Waals surface area (Å²) in [6.07, 6.45) is 0.531. The lowest BCUT2D eigenvalue weighted by Gasteiger charge is -2.19. The molecule has 0 bridgehead atoms. The third-order valence-corrected chi connectivity index (χ3v) is 7.13. The molecular formula is C26H24ClN3O3S. The fourth-order valence-corrected chi connectivity index (χ4v) is 4.77. The van der Waals surface area contributed by atoms with Crippen LogP contribution in [0.5, 0.6) is 5.75 Å². The summed E-state index contributed by atoms with van der Waals surface area (Å²) in [7, 11) is 1.53. The minimum atomic E-state index is -0.497. The first-order valence-corrected chi connectivity index (χ1v) is 12.1. The minimum absolute atomic E-state index is 0.176. The second-order valence-electron chi connectivity index (χ2n) is 7.69. The molecule has 1 unspecified atom stereocenters. The van der Waals surface area contributed by atoms with Crippen LogP contribution in [0.15, 0.2) is 76.7 Å². The molecule has 0 aliphatic heterocycles. The van der Waals surface area contributed by atoms with Crippen molar-refractivity contribution in [2.24, 2.45) is 0 Å². The van der Waals surface area contributed by atoms with Crippen molar-refractivity contribution in [3.63, 3.8) is 0 Å². The summed E-state index contributed by atoms with van der Waals surface area (Å²) >= 11 is 7.46. The Morgan fingerprint density at radius 3 is 2.56 bits per heavy atom. The second kappa shape index (κ2) is 10.3. The number of carbonyl (C=O) groups is 1. The van der Waals surface area contributed by atoms with Crippen molar-refractivity contribution in [2.45, 2.75) is 30.7 Å². The van der Waals surface area contributed by atoms with Crippen LogP contribution >= 0.6 is 23.4 Å². The normalized spacial score (nSPS) is 11.9. The average Bonchev–Trinajstić information content (AvgIpc) is 2.85. The van der Waals surface area contributed by atoms with Crippen molar-refractivity contribution >= 4 is 45.9 Å². The van der Waals surface area contributed by atoms with Crippen LogP contribution < -0.4 is 15.6 Å². The molecular weight excluding hydrogens is 470 g/mol. The van der Waals surface area contributed by atoms with E-state index in [1.807, 2.05) is 56.3 Å². The van der Waals surface area contributed by atoms with Crippen molar-refractivity contribution in [3.8, 4) is 11.4 Å². The predicted molar refractivity (Wildman–Crippen MR) is 139 cm³/mol. The Kier molecular flexibility index (Phi) is 7.24. The van der Waals surface area contributed by atoms with Gasteiger partial charge in [-0.3, -0.25) is 14.2 Å². The molecule has 0 saturated heterocycles. The second-order valence-corrected chi connectivity index (χ2v) is 9.27. The third-order valence-electron chi connectivity index (χ3n) is 5.41. The monoisotopic (exact) mass is 493 g/mol. The van der Waals surface area contributed by atoms with Gasteiger partial charge in [-0.2, -0.15) is 0 Å². The number of aryl methyl sites for hydroxylation is 1. The van der Waals surface area contributed by atoms with E-state index in [4.69, 9.17) is 21.3 Å². The number of hydrogen-bond acceptors (Lipinski definition) is 5. The van der Waals surface area contributed by atoms with Gasteiger partial charge in [0.25, 0.3) is 5.56 Å². The summed E-state index contributed by atoms with van der Waals surface area (Å²) in [5.74, 6) is 0.267. The lowest BCUT2D eigenvalue weighted by Crippen LogP contribution is -2.27. The molecule has 4 rings (SSSR count). The zero-order valence-corrected chi connectivity index (χ0v) is 20.6. The van der Waals surface area contributed by atoms with Crippen LogP contribution in [0.2, 0.25) is 5.02 Å². The fraction of sp³-hybridized carbons (Fsp3) is 0.192. The number of para-hydroxylation sites is 2. The Morgan fingerprint density at radius 2 is 1.85 bits per heavy atom. The Morgan fingerprint density at radius 1 is 1.15 bits per heavy atom. The summed E-state index contributed by atoms with van der Waals surface area (Å²) in [6, 6.07) is 20.0. The van der Waals surface area contributed by atoms with E-state index < -0.39 is 5.25 Å². The fourth-order valence-electron chi connectivity index (χ4n) is 3.59. The molecule has 0 aliphatic rings. The minimum Gasteiger partial charge on any atom is -0.495 e. The highest BCUT2D eigenvalue weighted by atomic mass is 35.5. The van der Waals surface area contributed by atoms with Crippen molar-refractivity contribution in [1.82, 2.24) is 9.55 Å². The molecule has 0 radical (unpaired) electrons. The molecule has 0 aliphatic carbocycles. The van der Waals surface area contributed by atoms with Gasteiger partial charge in [-0.15, -0.1) is 0 Å². The Bertz CT molecular complexity index is 1410. The van der Waals surface area contributed by atoms with Crippen LogP contribution in [0.3, 0.4) is 0 Å². The smallest absolute Gasteiger partial charge is 0.266 e. The van der Waals surface area contributed by atoms with Gasteiger partial charge in [0.05, 0.1) is 34.6 Å². The molecule has 1 aromatic heterocycles. The van der Waals surface area contributed by atoms with Crippen LogP contribution in [-0.4, -0.2) is 27.8 Å². The van der Waals surface area contributed by atoms with E-state index in [0.717, 1.165) is 5.56 Å². The number of nitrogens with zero attached hydrogens (tertiary/aromatic N) is 2. The van der Waals surface area contributed by atoms with E-state index in [1.54, 1.807) is 28.8 Å². The molecule has 1 amide bonds. The number of aromatic nitrogens is 2. The molecule has 34 heavy (non-hydrogen) atoms. The van der Waals surface area contributed by atoms with Gasteiger partial charge in [0.15, 0.2) is 5.16 Å². The van der Waals surface area contributed by atoms with E-state index in [-0.39, 0.29) is 11.5 Å². The number of rotatable bonds is 7. The number of amides is 1. The highest BCUT2D eigenvalue weighted by molar-refractivity contribution is 8.00. The molecule has 4 aromatic rings. The number of fused-ring (bicyclic) bond motifs is 1. The molecule has 174 valence electrons. The quantitative estimate of drug-likeness (QED) is 0.257. The molecule has 6 nitrogen and oxygen atoms in total. The van der Waals surface area contributed by atoms with Crippen molar-refractivity contribution in [2.75, 3.05) is 12.4 Å². The number of hydrogen-bond donors (Lipinski definition) is 1. The number of ether oxygens (including phenoxy) is 1. The molecule has 1 N–H and O–H groups in total. The first-order chi connectivity index (χ1) is 16.4. The molecule has 0 spiro atoms. The Balaban J connectivity index is 1.73. The molecule has 8 heteroatoms. The molecule has 1 atom stereocenters. The van der Waals surface area contributed by atoms with Crippen LogP contribution in [-0.2, 0) is 4.79 Å². The van der Waals surface area contributed by atoms with E-state index >= 15 is 0 Å². The first kappa shape index (κ1) is 23.9. The van der Waals surface area contributed by atoms with Crippen LogP contribution in [0.4, 0.5) is 5.69 Å². The summed E-state index contributed by atoms with van der Waals surface area (Å²) in [4.78, 5) is 31.4. The maximum Gasteiger partial charge on any atom is 0.266 e. The SMILES string of the molecule is CCC(Sc1nc2ccccc2c(=O)n1-c1ccccc1)C(=O)Nc1cc(C)c(Cl)cc1OC. The topological polar surface area (TPSA) is 73.2 Å². The maximum atomic E-state index is 13.4. The number of nitrogens with one attached hydrogen (secondary N) is 1. The van der Waals surface area contributed by atoms with Crippen LogP contribution in [0.25, 0.3) is 16.6 Å². The highest BCUT2D eigenvalue weighted by Crippen LogP contribution is 2.33. The maximum absolute atomic E-state index is 13.4. The van der Waals surface area contributed by atoms with Gasteiger partial charge in [-0.1, -0.05) is 60.6 Å². The van der Waals surface area contributed by atoms with Gasteiger partial charge in [0.1, 0.15) is 5.75 Å². The average molecular weight is 494 g/mol. The summed E-state index contributed by atoms with van der Waals surface area (Å²) in [6.45, 7) is 3.79. The van der Waals surface area contributed by atoms with Crippen molar-refractivity contribution in [1.29, 1.82) is 0 Å². The summed E-state index contributed by atoms with van der Waals surface area (Å²) < 4.78 is 6.96. The van der Waals surface area contributed by atoms with Gasteiger partial charge in [-0.25, -0.2) is 4.98 Å². The van der Waals surface area contributed by atoms with E-state index in [1.165, 1.54) is 18.9 Å². The Labute approximate surface area is 206 Å². The molecule has 1 heterocycles. The predicted octanol–water partition coefficient (Wildman–Crippen LogP) is 5.87. The van der Waals surface area contributed by atoms with Gasteiger partial charge >= 0.3 is 0 Å². The largest absolute Gasteiger partial charge is 0.495 e. The number of thioether (sulfide) groups is 1. The number of methoxy groups -OCH3 is 1.